The van der Waals surface area contributed by atoms with Crippen molar-refractivity contribution in [2.45, 2.75) is 6.85 Å². The van der Waals surface area contributed by atoms with Crippen molar-refractivity contribution in [3.63, 3.8) is 0 Å². The van der Waals surface area contributed by atoms with Gasteiger partial charge >= 0.3 is 20.1 Å². The Hall–Kier alpha value is -0.981. The van der Waals surface area contributed by atoms with Gasteiger partial charge < -0.3 is 19.8 Å². The molecule has 0 radical (unpaired) electrons. The number of benzene rings is 1. The van der Waals surface area contributed by atoms with Crippen molar-refractivity contribution in [3.8, 4) is 11.3 Å². The van der Waals surface area contributed by atoms with E-state index in [4.69, 9.17) is 4.11 Å². The monoisotopic (exact) mass is 394 g/mol. The van der Waals surface area contributed by atoms with Gasteiger partial charge in [-0.15, -0.1) is 35.9 Å². The Morgan fingerprint density at radius 3 is 2.56 bits per heavy atom. The average molecular weight is 394 g/mol. The summed E-state index contributed by atoms with van der Waals surface area (Å²) in [6, 6.07) is 15.4. The Morgan fingerprint density at radius 1 is 1.12 bits per heavy atom. The van der Waals surface area contributed by atoms with E-state index in [2.05, 4.69) is 11.1 Å². The quantitative estimate of drug-likeness (QED) is 0.673. The topological polar surface area (TPSA) is 12.9 Å². The third-order valence-corrected chi connectivity index (χ3v) is 1.73. The number of aromatic nitrogens is 1. The summed E-state index contributed by atoms with van der Waals surface area (Å²) < 4.78 is 21.9. The van der Waals surface area contributed by atoms with Crippen molar-refractivity contribution in [1.29, 1.82) is 0 Å². The number of hydrogen-bond donors (Lipinski definition) is 0. The SMILES string of the molecule is [2H]C([2H])([2H])c1cccc(-c2[c-]cccc2)n1.[CH3-].[CH3-].[Ir+3]. The van der Waals surface area contributed by atoms with Crippen LogP contribution in [0.1, 0.15) is 9.81 Å². The maximum absolute atomic E-state index is 7.29. The number of rotatable bonds is 1. The molecule has 0 aliphatic rings. The summed E-state index contributed by atoms with van der Waals surface area (Å²) in [6.07, 6.45) is 0. The van der Waals surface area contributed by atoms with E-state index in [1.54, 1.807) is 18.2 Å². The number of nitrogens with zero attached hydrogens (tertiary/aromatic N) is 1. The fourth-order valence-corrected chi connectivity index (χ4v) is 1.14. The molecule has 16 heavy (non-hydrogen) atoms. The van der Waals surface area contributed by atoms with Crippen molar-refractivity contribution in [1.82, 2.24) is 4.98 Å². The third kappa shape index (κ3) is 4.26. The second-order valence-electron chi connectivity index (χ2n) is 2.68. The molecule has 2 rings (SSSR count). The minimum Gasteiger partial charge on any atom is -0.358 e. The van der Waals surface area contributed by atoms with Crippen LogP contribution in [0.2, 0.25) is 0 Å². The molecular formula is C14H16IrN. The van der Waals surface area contributed by atoms with Crippen LogP contribution in [0.5, 0.6) is 0 Å². The van der Waals surface area contributed by atoms with Crippen LogP contribution in [-0.4, -0.2) is 4.98 Å². The molecule has 0 fully saturated rings. The summed E-state index contributed by atoms with van der Waals surface area (Å²) in [7, 11) is 0. The van der Waals surface area contributed by atoms with Gasteiger partial charge in [0.2, 0.25) is 0 Å². The van der Waals surface area contributed by atoms with Crippen molar-refractivity contribution < 1.29 is 24.2 Å². The van der Waals surface area contributed by atoms with Gasteiger partial charge in [-0.25, -0.2) is 0 Å². The predicted octanol–water partition coefficient (Wildman–Crippen LogP) is 3.76. The van der Waals surface area contributed by atoms with Crippen LogP contribution in [0.25, 0.3) is 11.3 Å². The third-order valence-electron chi connectivity index (χ3n) is 1.73. The van der Waals surface area contributed by atoms with Gasteiger partial charge in [0.1, 0.15) is 0 Å². The van der Waals surface area contributed by atoms with Crippen molar-refractivity contribution in [2.24, 2.45) is 0 Å². The molecular weight excluding hydrogens is 374 g/mol. The maximum Gasteiger partial charge on any atom is 3.00 e. The van der Waals surface area contributed by atoms with Gasteiger partial charge in [0, 0.05) is 9.81 Å². The first-order valence-corrected chi connectivity index (χ1v) is 4.02. The van der Waals surface area contributed by atoms with Crippen LogP contribution in [-0.2, 0) is 20.1 Å². The molecule has 0 spiro atoms. The molecule has 0 aliphatic heterocycles. The van der Waals surface area contributed by atoms with Gasteiger partial charge in [-0.3, -0.25) is 0 Å². The first kappa shape index (κ1) is 11.5. The fraction of sp³-hybridized carbons (Fsp3) is 0.0714. The zero-order valence-electron chi connectivity index (χ0n) is 12.3. The summed E-state index contributed by atoms with van der Waals surface area (Å²) in [6.45, 7) is -2.16. The summed E-state index contributed by atoms with van der Waals surface area (Å²) in [5, 5.41) is 0. The van der Waals surface area contributed by atoms with Crippen LogP contribution in [0.4, 0.5) is 0 Å². The number of hydrogen-bond acceptors (Lipinski definition) is 1. The molecule has 1 nitrogen and oxygen atoms in total. The summed E-state index contributed by atoms with van der Waals surface area (Å²) in [4.78, 5) is 4.12. The molecule has 0 amide bonds. The van der Waals surface area contributed by atoms with Crippen molar-refractivity contribution >= 4 is 0 Å². The minimum atomic E-state index is -2.16. The molecule has 86 valence electrons. The Balaban J connectivity index is 0. The summed E-state index contributed by atoms with van der Waals surface area (Å²) in [5.41, 5.74) is 1.55. The summed E-state index contributed by atoms with van der Waals surface area (Å²) >= 11 is 0. The molecule has 0 unspecified atom stereocenters. The zero-order valence-corrected chi connectivity index (χ0v) is 11.7. The van der Waals surface area contributed by atoms with Gasteiger partial charge in [0.15, 0.2) is 0 Å². The van der Waals surface area contributed by atoms with Crippen LogP contribution < -0.4 is 0 Å². The maximum atomic E-state index is 7.29. The molecule has 0 aliphatic carbocycles. The molecule has 2 heteroatoms. The normalized spacial score (nSPS) is 11.6. The largest absolute Gasteiger partial charge is 3.00 e. The molecule has 1 aromatic heterocycles. The molecule has 0 bridgehead atoms. The Bertz CT molecular complexity index is 484. The van der Waals surface area contributed by atoms with Crippen LogP contribution >= 0.6 is 0 Å². The minimum absolute atomic E-state index is 0. The van der Waals surface area contributed by atoms with Gasteiger partial charge in [-0.05, 0) is 18.6 Å². The van der Waals surface area contributed by atoms with Crippen molar-refractivity contribution in [2.75, 3.05) is 0 Å². The number of pyridine rings is 1. The van der Waals surface area contributed by atoms with Gasteiger partial charge in [0.05, 0.1) is 0 Å². The van der Waals surface area contributed by atoms with Crippen LogP contribution in [0.3, 0.4) is 0 Å². The number of aryl methyl sites for hydroxylation is 1. The molecule has 1 heterocycles. The van der Waals surface area contributed by atoms with E-state index < -0.39 is 6.85 Å². The Labute approximate surface area is 117 Å². The molecule has 0 saturated heterocycles. The standard InChI is InChI=1S/C12H10N.2CH3.Ir/c1-10-6-5-9-12(13-10)11-7-3-2-4-8-11;;;/h2-7,9H,1H3;2*1H3;/q3*-1;+3/i1D3;;;. The van der Waals surface area contributed by atoms with E-state index in [9.17, 15) is 0 Å². The molecule has 0 N–H and O–H groups in total. The summed E-state index contributed by atoms with van der Waals surface area (Å²) in [5.74, 6) is 0. The van der Waals surface area contributed by atoms with Gasteiger partial charge in [-0.2, -0.15) is 0 Å². The fourth-order valence-electron chi connectivity index (χ4n) is 1.14. The second-order valence-corrected chi connectivity index (χ2v) is 2.68. The van der Waals surface area contributed by atoms with Crippen LogP contribution in [0.15, 0.2) is 42.5 Å². The van der Waals surface area contributed by atoms with Crippen LogP contribution in [0, 0.1) is 27.8 Å². The van der Waals surface area contributed by atoms with E-state index in [0.29, 0.717) is 5.69 Å². The Morgan fingerprint density at radius 2 is 1.94 bits per heavy atom. The first-order valence-electron chi connectivity index (χ1n) is 5.52. The van der Waals surface area contributed by atoms with E-state index in [1.807, 2.05) is 18.2 Å². The average Bonchev–Trinajstić information content (AvgIpc) is 2.29. The molecule has 1 aromatic carbocycles. The van der Waals surface area contributed by atoms with Crippen molar-refractivity contribution in [3.05, 3.63) is 69.1 Å². The van der Waals surface area contributed by atoms with Gasteiger partial charge in [0.25, 0.3) is 0 Å². The smallest absolute Gasteiger partial charge is 0.358 e. The predicted molar refractivity (Wildman–Crippen MR) is 66.1 cm³/mol. The van der Waals surface area contributed by atoms with E-state index in [1.165, 1.54) is 6.07 Å². The van der Waals surface area contributed by atoms with E-state index >= 15 is 0 Å². The molecule has 2 aromatic rings. The van der Waals surface area contributed by atoms with E-state index in [-0.39, 0.29) is 40.7 Å². The zero-order chi connectivity index (χ0) is 11.6. The Kier molecular flexibility index (Phi) is 5.90. The first-order chi connectivity index (χ1) is 7.57. The molecule has 0 atom stereocenters. The molecule has 0 saturated carbocycles. The van der Waals surface area contributed by atoms with E-state index in [0.717, 1.165) is 5.56 Å². The second kappa shape index (κ2) is 8.20. The van der Waals surface area contributed by atoms with Gasteiger partial charge in [-0.1, -0.05) is 12.1 Å².